The van der Waals surface area contributed by atoms with E-state index in [1.165, 1.54) is 19.2 Å². The first-order valence-corrected chi connectivity index (χ1v) is 10.3. The number of methoxy groups -OCH3 is 1. The van der Waals surface area contributed by atoms with E-state index in [1.807, 2.05) is 19.1 Å². The number of aromatic nitrogens is 1. The smallest absolute Gasteiger partial charge is 0.337 e. The second kappa shape index (κ2) is 10.1. The summed E-state index contributed by atoms with van der Waals surface area (Å²) in [5.74, 6) is -0.524. The third-order valence-corrected chi connectivity index (χ3v) is 5.48. The molecule has 2 aromatic carbocycles. The summed E-state index contributed by atoms with van der Waals surface area (Å²) in [5.41, 5.74) is 4.10. The van der Waals surface area contributed by atoms with Crippen molar-refractivity contribution in [2.75, 3.05) is 7.11 Å². The summed E-state index contributed by atoms with van der Waals surface area (Å²) in [6.45, 7) is 1.88. The molecule has 5 nitrogen and oxygen atoms in total. The highest BCUT2D eigenvalue weighted by atomic mass is 35.5. The number of allylic oxidation sites excluding steroid dienone is 2. The molecule has 8 heteroatoms. The van der Waals surface area contributed by atoms with Gasteiger partial charge in [0.05, 0.1) is 24.0 Å². The van der Waals surface area contributed by atoms with Gasteiger partial charge in [-0.1, -0.05) is 46.9 Å². The second-order valence-corrected chi connectivity index (χ2v) is 7.92. The molecule has 0 unspecified atom stereocenters. The van der Waals surface area contributed by atoms with Crippen LogP contribution < -0.4 is 5.32 Å². The fourth-order valence-electron chi connectivity index (χ4n) is 3.10. The molecule has 0 atom stereocenters. The van der Waals surface area contributed by atoms with Crippen molar-refractivity contribution in [1.29, 1.82) is 5.41 Å². The summed E-state index contributed by atoms with van der Waals surface area (Å²) < 4.78 is 4.73. The van der Waals surface area contributed by atoms with E-state index in [-0.39, 0.29) is 5.56 Å². The molecule has 3 aromatic rings. The van der Waals surface area contributed by atoms with Crippen LogP contribution in [0.15, 0.2) is 66.6 Å². The quantitative estimate of drug-likeness (QED) is 0.280. The minimum atomic E-state index is -0.524. The van der Waals surface area contributed by atoms with Crippen LogP contribution in [0.1, 0.15) is 28.4 Å². The van der Waals surface area contributed by atoms with E-state index in [1.54, 1.807) is 42.0 Å². The van der Waals surface area contributed by atoms with Gasteiger partial charge in [0.2, 0.25) is 0 Å². The summed E-state index contributed by atoms with van der Waals surface area (Å²) in [6, 6.07) is 13.8. The highest BCUT2D eigenvalue weighted by Gasteiger charge is 2.21. The van der Waals surface area contributed by atoms with Gasteiger partial charge in [-0.25, -0.2) is 4.79 Å². The van der Waals surface area contributed by atoms with E-state index in [9.17, 15) is 4.79 Å². The van der Waals surface area contributed by atoms with Crippen LogP contribution in [0, 0.1) is 5.41 Å². The molecule has 0 spiro atoms. The number of nitrogens with zero attached hydrogens (tertiary/aromatic N) is 1. The number of carbonyl (C=O) groups is 1. The fourth-order valence-corrected chi connectivity index (χ4v) is 3.82. The lowest BCUT2D eigenvalue weighted by Gasteiger charge is -2.14. The van der Waals surface area contributed by atoms with Gasteiger partial charge in [0.15, 0.2) is 5.69 Å². The summed E-state index contributed by atoms with van der Waals surface area (Å²) >= 11 is 18.9. The SMILES string of the molecule is COC(=O)c1cc(Cl)c([NH2+]C(C)=C(C(=N)c2ccncc2)c2ccc(Cl)cc2)c(Cl)c1. The molecule has 0 fully saturated rings. The number of rotatable bonds is 6. The molecular weight excluding hydrogens is 457 g/mol. The minimum Gasteiger partial charge on any atom is -0.465 e. The number of nitrogens with two attached hydrogens (primary N) is 1. The Morgan fingerprint density at radius 2 is 1.52 bits per heavy atom. The highest BCUT2D eigenvalue weighted by Crippen LogP contribution is 2.30. The zero-order chi connectivity index (χ0) is 22.5. The van der Waals surface area contributed by atoms with E-state index >= 15 is 0 Å². The Balaban J connectivity index is 2.09. The minimum absolute atomic E-state index is 0.263. The lowest BCUT2D eigenvalue weighted by Crippen LogP contribution is -2.75. The number of esters is 1. The molecule has 0 bridgehead atoms. The van der Waals surface area contributed by atoms with Crippen LogP contribution in [0.4, 0.5) is 5.69 Å². The summed E-state index contributed by atoms with van der Waals surface area (Å²) in [5, 5.41) is 11.8. The Kier molecular flexibility index (Phi) is 7.46. The standard InChI is InChI=1S/C23H18Cl3N3O2/c1-13(29-22-18(25)11-16(12-19(22)26)23(30)31-2)20(14-3-5-17(24)6-4-14)21(27)15-7-9-28-10-8-15/h3-12,27,29H,1-2H3/p+1. The predicted octanol–water partition coefficient (Wildman–Crippen LogP) is 5.52. The van der Waals surface area contributed by atoms with E-state index in [0.717, 1.165) is 11.3 Å². The second-order valence-electron chi connectivity index (χ2n) is 6.67. The molecule has 0 amide bonds. The molecule has 31 heavy (non-hydrogen) atoms. The molecule has 0 radical (unpaired) electrons. The Morgan fingerprint density at radius 1 is 0.935 bits per heavy atom. The van der Waals surface area contributed by atoms with Crippen molar-refractivity contribution >= 4 is 57.7 Å². The zero-order valence-corrected chi connectivity index (χ0v) is 19.0. The monoisotopic (exact) mass is 474 g/mol. The lowest BCUT2D eigenvalue weighted by molar-refractivity contribution is -0.515. The average Bonchev–Trinajstić information content (AvgIpc) is 2.77. The van der Waals surface area contributed by atoms with Crippen LogP contribution in [-0.4, -0.2) is 23.8 Å². The normalized spacial score (nSPS) is 11.6. The van der Waals surface area contributed by atoms with Gasteiger partial charge in [0, 0.05) is 29.9 Å². The number of carbonyl (C=O) groups excluding carboxylic acids is 1. The Morgan fingerprint density at radius 3 is 2.06 bits per heavy atom. The number of halogens is 3. The molecule has 1 aromatic heterocycles. The molecule has 0 aliphatic carbocycles. The number of nitrogens with one attached hydrogen (secondary N) is 1. The molecule has 0 aliphatic heterocycles. The van der Waals surface area contributed by atoms with Gasteiger partial charge in [-0.3, -0.25) is 15.7 Å². The van der Waals surface area contributed by atoms with E-state index < -0.39 is 5.97 Å². The number of benzene rings is 2. The first-order valence-electron chi connectivity index (χ1n) is 9.20. The van der Waals surface area contributed by atoms with Crippen molar-refractivity contribution in [3.63, 3.8) is 0 Å². The van der Waals surface area contributed by atoms with E-state index in [4.69, 9.17) is 44.9 Å². The molecule has 1 heterocycles. The van der Waals surface area contributed by atoms with Crippen molar-refractivity contribution in [2.45, 2.75) is 6.92 Å². The van der Waals surface area contributed by atoms with Gasteiger partial charge in [-0.05, 0) is 42.0 Å². The van der Waals surface area contributed by atoms with Crippen molar-refractivity contribution in [3.05, 3.63) is 98.4 Å². The van der Waals surface area contributed by atoms with Crippen LogP contribution >= 0.6 is 34.8 Å². The molecule has 0 saturated carbocycles. The highest BCUT2D eigenvalue weighted by molar-refractivity contribution is 6.38. The molecule has 158 valence electrons. The van der Waals surface area contributed by atoms with Gasteiger partial charge in [-0.15, -0.1) is 0 Å². The summed E-state index contributed by atoms with van der Waals surface area (Å²) in [7, 11) is 1.29. The average molecular weight is 476 g/mol. The molecule has 3 rings (SSSR count). The number of quaternary nitrogens is 1. The third kappa shape index (κ3) is 5.32. The van der Waals surface area contributed by atoms with E-state index in [0.29, 0.717) is 37.6 Å². The Labute approximate surface area is 195 Å². The molecule has 0 saturated heterocycles. The molecular formula is C23H19Cl3N3O2+. The first-order chi connectivity index (χ1) is 14.8. The van der Waals surface area contributed by atoms with Gasteiger partial charge in [-0.2, -0.15) is 0 Å². The zero-order valence-electron chi connectivity index (χ0n) is 16.7. The molecule has 0 aliphatic rings. The van der Waals surface area contributed by atoms with Gasteiger partial charge >= 0.3 is 5.97 Å². The predicted molar refractivity (Wildman–Crippen MR) is 124 cm³/mol. The fraction of sp³-hybridized carbons (Fsp3) is 0.0870. The number of pyridine rings is 1. The van der Waals surface area contributed by atoms with Gasteiger partial charge in [0.25, 0.3) is 0 Å². The number of hydrogen-bond acceptors (Lipinski definition) is 4. The maximum absolute atomic E-state index is 11.8. The first kappa shape index (κ1) is 23.0. The van der Waals surface area contributed by atoms with Gasteiger partial charge in [0.1, 0.15) is 15.7 Å². The van der Waals surface area contributed by atoms with Crippen LogP contribution in [0.5, 0.6) is 0 Å². The Bertz CT molecular complexity index is 1140. The van der Waals surface area contributed by atoms with Crippen molar-refractivity contribution in [1.82, 2.24) is 4.98 Å². The van der Waals surface area contributed by atoms with Crippen molar-refractivity contribution in [2.24, 2.45) is 0 Å². The summed E-state index contributed by atoms with van der Waals surface area (Å²) in [4.78, 5) is 15.8. The van der Waals surface area contributed by atoms with Crippen LogP contribution in [0.2, 0.25) is 15.1 Å². The van der Waals surface area contributed by atoms with Crippen molar-refractivity contribution < 1.29 is 14.8 Å². The van der Waals surface area contributed by atoms with Gasteiger partial charge < -0.3 is 4.74 Å². The van der Waals surface area contributed by atoms with Crippen molar-refractivity contribution in [3.8, 4) is 0 Å². The number of hydrogen-bond donors (Lipinski definition) is 2. The largest absolute Gasteiger partial charge is 0.465 e. The van der Waals surface area contributed by atoms with Crippen LogP contribution in [0.3, 0.4) is 0 Å². The Hall–Kier alpha value is -2.70. The maximum atomic E-state index is 11.8. The summed E-state index contributed by atoms with van der Waals surface area (Å²) in [6.07, 6.45) is 3.28. The number of ether oxygens (including phenoxy) is 1. The van der Waals surface area contributed by atoms with Crippen LogP contribution in [0.25, 0.3) is 5.57 Å². The lowest BCUT2D eigenvalue weighted by atomic mass is 9.94. The third-order valence-electron chi connectivity index (χ3n) is 4.61. The van der Waals surface area contributed by atoms with E-state index in [2.05, 4.69) is 4.98 Å². The maximum Gasteiger partial charge on any atom is 0.337 e. The van der Waals surface area contributed by atoms with Crippen LogP contribution in [-0.2, 0) is 4.74 Å². The molecule has 3 N–H and O–H groups in total. The topological polar surface area (TPSA) is 79.6 Å².